The molecule has 7 nitrogen and oxygen atoms in total. The maximum atomic E-state index is 11.4. The molecule has 8 heteroatoms. The minimum absolute atomic E-state index is 0.0613. The zero-order valence-electron chi connectivity index (χ0n) is 10.7. The Morgan fingerprint density at radius 1 is 1.53 bits per heavy atom. The molecule has 0 aromatic carbocycles. The third-order valence-corrected chi connectivity index (χ3v) is 2.80. The van der Waals surface area contributed by atoms with E-state index in [1.165, 1.54) is 6.07 Å². The van der Waals surface area contributed by atoms with Gasteiger partial charge in [-0.1, -0.05) is 11.8 Å². The van der Waals surface area contributed by atoms with Gasteiger partial charge in [0.15, 0.2) is 5.16 Å². The molecule has 0 aliphatic carbocycles. The molecular formula is C11H15N3O4S. The largest absolute Gasteiger partial charge is 0.465 e. The molecule has 0 aliphatic heterocycles. The van der Waals surface area contributed by atoms with E-state index < -0.39 is 5.97 Å². The Kier molecular flexibility index (Phi) is 6.07. The second-order valence-corrected chi connectivity index (χ2v) is 4.53. The average molecular weight is 285 g/mol. The quantitative estimate of drug-likeness (QED) is 0.428. The number of ether oxygens (including phenoxy) is 1. The van der Waals surface area contributed by atoms with Crippen LogP contribution >= 0.6 is 11.8 Å². The molecule has 0 atom stereocenters. The van der Waals surface area contributed by atoms with Crippen LogP contribution in [0.5, 0.6) is 0 Å². The van der Waals surface area contributed by atoms with Crippen LogP contribution in [0.1, 0.15) is 12.6 Å². The summed E-state index contributed by atoms with van der Waals surface area (Å²) in [5, 5.41) is 2.78. The zero-order chi connectivity index (χ0) is 14.3. The lowest BCUT2D eigenvalue weighted by Gasteiger charge is -2.04. The predicted molar refractivity (Wildman–Crippen MR) is 70.0 cm³/mol. The Balaban J connectivity index is 2.37. The van der Waals surface area contributed by atoms with Crippen molar-refractivity contribution in [3.8, 4) is 0 Å². The highest BCUT2D eigenvalue weighted by atomic mass is 32.2. The summed E-state index contributed by atoms with van der Waals surface area (Å²) >= 11 is 1.09. The molecule has 0 fully saturated rings. The van der Waals surface area contributed by atoms with Gasteiger partial charge in [0.05, 0.1) is 12.4 Å². The Morgan fingerprint density at radius 3 is 2.89 bits per heavy atom. The fraction of sp³-hybridized carbons (Fsp3) is 0.455. The van der Waals surface area contributed by atoms with Gasteiger partial charge in [-0.15, -0.1) is 0 Å². The van der Waals surface area contributed by atoms with E-state index in [0.717, 1.165) is 11.8 Å². The molecule has 1 aromatic heterocycles. The molecule has 1 heterocycles. The molecule has 0 radical (unpaired) electrons. The number of carbonyl (C=O) groups is 2. The van der Waals surface area contributed by atoms with Crippen molar-refractivity contribution in [3.05, 3.63) is 22.1 Å². The molecule has 2 N–H and O–H groups in total. The van der Waals surface area contributed by atoms with E-state index in [0.29, 0.717) is 10.9 Å². The van der Waals surface area contributed by atoms with Crippen LogP contribution in [-0.4, -0.2) is 40.7 Å². The van der Waals surface area contributed by atoms with E-state index in [1.807, 2.05) is 0 Å². The molecule has 0 saturated carbocycles. The van der Waals surface area contributed by atoms with Crippen LogP contribution in [-0.2, 0) is 14.3 Å². The number of amides is 1. The highest BCUT2D eigenvalue weighted by Gasteiger charge is 2.07. The van der Waals surface area contributed by atoms with E-state index in [9.17, 15) is 14.4 Å². The highest BCUT2D eigenvalue weighted by Crippen LogP contribution is 2.10. The minimum Gasteiger partial charge on any atom is -0.465 e. The van der Waals surface area contributed by atoms with Crippen molar-refractivity contribution in [1.29, 1.82) is 0 Å². The molecule has 0 aliphatic rings. The number of H-pyrrole nitrogens is 1. The Morgan fingerprint density at radius 2 is 2.26 bits per heavy atom. The van der Waals surface area contributed by atoms with E-state index in [1.54, 1.807) is 13.8 Å². The molecular weight excluding hydrogens is 270 g/mol. The number of nitrogens with one attached hydrogen (secondary N) is 2. The van der Waals surface area contributed by atoms with Crippen LogP contribution in [0.2, 0.25) is 0 Å². The van der Waals surface area contributed by atoms with Gasteiger partial charge < -0.3 is 15.0 Å². The smallest absolute Gasteiger partial charge is 0.325 e. The van der Waals surface area contributed by atoms with Crippen LogP contribution in [0.4, 0.5) is 0 Å². The molecule has 104 valence electrons. The predicted octanol–water partition coefficient (Wildman–Crippen LogP) is -0.150. The Labute approximate surface area is 114 Å². The second kappa shape index (κ2) is 7.57. The lowest BCUT2D eigenvalue weighted by Crippen LogP contribution is -2.31. The summed E-state index contributed by atoms with van der Waals surface area (Å²) in [5.74, 6) is -0.753. The molecule has 0 spiro atoms. The monoisotopic (exact) mass is 285 g/mol. The molecule has 0 bridgehead atoms. The first kappa shape index (κ1) is 15.2. The van der Waals surface area contributed by atoms with Crippen molar-refractivity contribution in [3.63, 3.8) is 0 Å². The third-order valence-electron chi connectivity index (χ3n) is 1.92. The van der Waals surface area contributed by atoms with E-state index >= 15 is 0 Å². The van der Waals surface area contributed by atoms with Gasteiger partial charge in [0, 0.05) is 11.8 Å². The van der Waals surface area contributed by atoms with E-state index in [2.05, 4.69) is 20.0 Å². The number of hydrogen-bond acceptors (Lipinski definition) is 6. The van der Waals surface area contributed by atoms with Crippen LogP contribution in [0, 0.1) is 6.92 Å². The second-order valence-electron chi connectivity index (χ2n) is 3.56. The molecule has 1 aromatic rings. The minimum atomic E-state index is -0.483. The summed E-state index contributed by atoms with van der Waals surface area (Å²) < 4.78 is 4.67. The standard InChI is InChI=1S/C11H15N3O4S/c1-3-18-10(17)5-12-9(16)6-19-11-13-7(2)4-8(15)14-11/h4H,3,5-6H2,1-2H3,(H,12,16)(H,13,14,15). The molecule has 19 heavy (non-hydrogen) atoms. The number of aromatic nitrogens is 2. The summed E-state index contributed by atoms with van der Waals surface area (Å²) in [6.45, 7) is 3.50. The molecule has 1 amide bonds. The zero-order valence-corrected chi connectivity index (χ0v) is 11.5. The maximum absolute atomic E-state index is 11.4. The van der Waals surface area contributed by atoms with Gasteiger partial charge in [-0.05, 0) is 13.8 Å². The van der Waals surface area contributed by atoms with Gasteiger partial charge in [0.25, 0.3) is 5.56 Å². The summed E-state index contributed by atoms with van der Waals surface area (Å²) in [5.41, 5.74) is 0.320. The van der Waals surface area contributed by atoms with Gasteiger partial charge in [-0.2, -0.15) is 0 Å². The van der Waals surface area contributed by atoms with Crippen molar-refractivity contribution in [2.75, 3.05) is 18.9 Å². The summed E-state index contributed by atoms with van der Waals surface area (Å²) in [7, 11) is 0. The Bertz CT molecular complexity index is 515. The van der Waals surface area contributed by atoms with Gasteiger partial charge in [-0.3, -0.25) is 14.4 Å². The fourth-order valence-electron chi connectivity index (χ4n) is 1.19. The van der Waals surface area contributed by atoms with Crippen molar-refractivity contribution < 1.29 is 14.3 Å². The van der Waals surface area contributed by atoms with Crippen molar-refractivity contribution in [1.82, 2.24) is 15.3 Å². The number of nitrogens with zero attached hydrogens (tertiary/aromatic N) is 1. The fourth-order valence-corrected chi connectivity index (χ4v) is 1.94. The normalized spacial score (nSPS) is 10.0. The summed E-state index contributed by atoms with van der Waals surface area (Å²) in [6.07, 6.45) is 0. The number of aromatic amines is 1. The van der Waals surface area contributed by atoms with Crippen molar-refractivity contribution >= 4 is 23.6 Å². The average Bonchev–Trinajstić information content (AvgIpc) is 2.33. The van der Waals surface area contributed by atoms with E-state index in [-0.39, 0.29) is 30.4 Å². The Hall–Kier alpha value is -1.83. The first-order chi connectivity index (χ1) is 9.01. The van der Waals surface area contributed by atoms with Gasteiger partial charge in [-0.25, -0.2) is 4.98 Å². The van der Waals surface area contributed by atoms with Gasteiger partial charge in [0.1, 0.15) is 6.54 Å². The first-order valence-corrected chi connectivity index (χ1v) is 6.63. The number of rotatable bonds is 6. The maximum Gasteiger partial charge on any atom is 0.325 e. The lowest BCUT2D eigenvalue weighted by atomic mass is 10.5. The highest BCUT2D eigenvalue weighted by molar-refractivity contribution is 7.99. The SMILES string of the molecule is CCOC(=O)CNC(=O)CSc1nc(C)cc(=O)[nH]1. The van der Waals surface area contributed by atoms with Crippen LogP contribution < -0.4 is 10.9 Å². The molecule has 0 saturated heterocycles. The van der Waals surface area contributed by atoms with E-state index in [4.69, 9.17) is 0 Å². The lowest BCUT2D eigenvalue weighted by molar-refractivity contribution is -0.143. The van der Waals surface area contributed by atoms with Gasteiger partial charge >= 0.3 is 5.97 Å². The number of carbonyl (C=O) groups excluding carboxylic acids is 2. The third kappa shape index (κ3) is 6.05. The van der Waals surface area contributed by atoms with Crippen molar-refractivity contribution in [2.45, 2.75) is 19.0 Å². The molecule has 1 rings (SSSR count). The number of aryl methyl sites for hydroxylation is 1. The number of hydrogen-bond donors (Lipinski definition) is 2. The first-order valence-electron chi connectivity index (χ1n) is 5.64. The number of thioether (sulfide) groups is 1. The number of esters is 1. The topological polar surface area (TPSA) is 101 Å². The summed E-state index contributed by atoms with van der Waals surface area (Å²) in [4.78, 5) is 40.2. The summed E-state index contributed by atoms with van der Waals surface area (Å²) in [6, 6.07) is 1.37. The van der Waals surface area contributed by atoms with Gasteiger partial charge in [0.2, 0.25) is 5.91 Å². The van der Waals surface area contributed by atoms with Crippen molar-refractivity contribution in [2.24, 2.45) is 0 Å². The molecule has 0 unspecified atom stereocenters. The van der Waals surface area contributed by atoms with Crippen LogP contribution in [0.25, 0.3) is 0 Å². The van der Waals surface area contributed by atoms with Crippen LogP contribution in [0.15, 0.2) is 16.0 Å². The van der Waals surface area contributed by atoms with Crippen LogP contribution in [0.3, 0.4) is 0 Å².